The van der Waals surface area contributed by atoms with Crippen LogP contribution in [0.5, 0.6) is 0 Å². The number of benzene rings is 1. The van der Waals surface area contributed by atoms with Crippen LogP contribution in [0.1, 0.15) is 0 Å². The van der Waals surface area contributed by atoms with Gasteiger partial charge in [-0.15, -0.1) is 10.2 Å². The molecule has 17 heavy (non-hydrogen) atoms. The molecule has 86 valence electrons. The fourth-order valence-corrected chi connectivity index (χ4v) is 1.23. The molecule has 0 saturated carbocycles. The molecular formula is C8H4N4O5. The maximum absolute atomic E-state index is 10.6. The zero-order valence-electron chi connectivity index (χ0n) is 8.14. The Kier molecular flexibility index (Phi) is 2.49. The second-order valence-corrected chi connectivity index (χ2v) is 3.00. The van der Waals surface area contributed by atoms with E-state index in [0.717, 1.165) is 24.6 Å². The van der Waals surface area contributed by atoms with Crippen LogP contribution >= 0.6 is 0 Å². The molecule has 2 aromatic rings. The maximum Gasteiger partial charge on any atom is 0.277 e. The summed E-state index contributed by atoms with van der Waals surface area (Å²) < 4.78 is 4.82. The van der Waals surface area contributed by atoms with Crippen molar-refractivity contribution >= 4 is 11.4 Å². The summed E-state index contributed by atoms with van der Waals surface area (Å²) in [5.74, 6) is -0.0169. The molecule has 0 radical (unpaired) electrons. The summed E-state index contributed by atoms with van der Waals surface area (Å²) in [7, 11) is 0. The van der Waals surface area contributed by atoms with Crippen LogP contribution in [0.25, 0.3) is 11.5 Å². The van der Waals surface area contributed by atoms with E-state index in [1.807, 2.05) is 0 Å². The Bertz CT molecular complexity index is 547. The molecule has 0 aliphatic carbocycles. The summed E-state index contributed by atoms with van der Waals surface area (Å²) in [4.78, 5) is 19.8. The van der Waals surface area contributed by atoms with Gasteiger partial charge in [0.1, 0.15) is 0 Å². The van der Waals surface area contributed by atoms with Gasteiger partial charge >= 0.3 is 0 Å². The molecule has 0 saturated heterocycles. The molecule has 1 heterocycles. The van der Waals surface area contributed by atoms with Crippen molar-refractivity contribution < 1.29 is 14.3 Å². The van der Waals surface area contributed by atoms with Gasteiger partial charge in [0, 0.05) is 12.1 Å². The topological polar surface area (TPSA) is 125 Å². The lowest BCUT2D eigenvalue weighted by atomic mass is 10.2. The Hall–Kier alpha value is -2.84. The van der Waals surface area contributed by atoms with Gasteiger partial charge in [0.2, 0.25) is 12.3 Å². The van der Waals surface area contributed by atoms with Crippen LogP contribution < -0.4 is 0 Å². The maximum atomic E-state index is 10.6. The molecule has 9 heteroatoms. The number of nitro groups is 2. The molecule has 0 aliphatic heterocycles. The second-order valence-electron chi connectivity index (χ2n) is 3.00. The minimum absolute atomic E-state index is 0.0169. The highest BCUT2D eigenvalue weighted by molar-refractivity contribution is 5.62. The summed E-state index contributed by atoms with van der Waals surface area (Å²) in [6, 6.07) is 3.11. The van der Waals surface area contributed by atoms with Crippen molar-refractivity contribution in [1.29, 1.82) is 0 Å². The summed E-state index contributed by atoms with van der Waals surface area (Å²) in [6.45, 7) is 0. The highest BCUT2D eigenvalue weighted by Gasteiger charge is 2.18. The fourth-order valence-electron chi connectivity index (χ4n) is 1.23. The van der Waals surface area contributed by atoms with E-state index in [0.29, 0.717) is 0 Å². The molecule has 0 spiro atoms. The summed E-state index contributed by atoms with van der Waals surface area (Å²) in [6.07, 6.45) is 1.03. The molecule has 0 atom stereocenters. The van der Waals surface area contributed by atoms with Gasteiger partial charge < -0.3 is 4.42 Å². The van der Waals surface area contributed by atoms with Crippen LogP contribution in [0.2, 0.25) is 0 Å². The van der Waals surface area contributed by atoms with Crippen molar-refractivity contribution in [3.05, 3.63) is 44.8 Å². The highest BCUT2D eigenvalue weighted by Crippen LogP contribution is 2.28. The molecule has 9 nitrogen and oxygen atoms in total. The van der Waals surface area contributed by atoms with Gasteiger partial charge in [0.15, 0.2) is 0 Å². The van der Waals surface area contributed by atoms with Crippen LogP contribution in [0.4, 0.5) is 11.4 Å². The molecular weight excluding hydrogens is 232 g/mol. The standard InChI is InChI=1S/C8H4N4O5/c13-11(14)6-1-5(8-10-9-4-17-8)2-7(3-6)12(15)16/h1-4H. The Morgan fingerprint density at radius 2 is 1.65 bits per heavy atom. The Balaban J connectivity index is 2.60. The first kappa shape index (κ1) is 10.7. The van der Waals surface area contributed by atoms with E-state index in [9.17, 15) is 20.2 Å². The largest absolute Gasteiger partial charge is 0.423 e. The van der Waals surface area contributed by atoms with E-state index in [-0.39, 0.29) is 11.5 Å². The number of nitro benzene ring substituents is 2. The molecule has 0 N–H and O–H groups in total. The predicted molar refractivity (Wildman–Crippen MR) is 53.0 cm³/mol. The van der Waals surface area contributed by atoms with Crippen LogP contribution in [-0.2, 0) is 0 Å². The van der Waals surface area contributed by atoms with Gasteiger partial charge in [0.05, 0.1) is 21.5 Å². The zero-order chi connectivity index (χ0) is 12.4. The number of non-ortho nitro benzene ring substituents is 2. The average molecular weight is 236 g/mol. The van der Waals surface area contributed by atoms with Crippen molar-refractivity contribution in [3.63, 3.8) is 0 Å². The number of nitrogens with zero attached hydrogens (tertiary/aromatic N) is 4. The van der Waals surface area contributed by atoms with Crippen molar-refractivity contribution in [3.8, 4) is 11.5 Å². The van der Waals surface area contributed by atoms with Gasteiger partial charge in [-0.25, -0.2) is 0 Å². The Labute approximate surface area is 93.0 Å². The fraction of sp³-hybridized carbons (Fsp3) is 0. The third-order valence-electron chi connectivity index (χ3n) is 1.93. The molecule has 1 aromatic heterocycles. The first-order chi connectivity index (χ1) is 8.08. The SMILES string of the molecule is O=[N+]([O-])c1cc(-c2nnco2)cc([N+](=O)[O-])c1. The zero-order valence-corrected chi connectivity index (χ0v) is 8.14. The van der Waals surface area contributed by atoms with Crippen LogP contribution in [0.3, 0.4) is 0 Å². The average Bonchev–Trinajstić information content (AvgIpc) is 2.81. The lowest BCUT2D eigenvalue weighted by molar-refractivity contribution is -0.394. The summed E-state index contributed by atoms with van der Waals surface area (Å²) in [5.41, 5.74) is -0.691. The number of aromatic nitrogens is 2. The monoisotopic (exact) mass is 236 g/mol. The van der Waals surface area contributed by atoms with Crippen molar-refractivity contribution in [2.24, 2.45) is 0 Å². The van der Waals surface area contributed by atoms with E-state index >= 15 is 0 Å². The minimum atomic E-state index is -0.729. The first-order valence-electron chi connectivity index (χ1n) is 4.28. The van der Waals surface area contributed by atoms with Crippen LogP contribution in [0.15, 0.2) is 29.0 Å². The first-order valence-corrected chi connectivity index (χ1v) is 4.28. The lowest BCUT2D eigenvalue weighted by Gasteiger charge is -1.96. The number of hydrogen-bond donors (Lipinski definition) is 0. The van der Waals surface area contributed by atoms with Crippen LogP contribution in [-0.4, -0.2) is 20.0 Å². The van der Waals surface area contributed by atoms with Crippen molar-refractivity contribution in [2.75, 3.05) is 0 Å². The van der Waals surface area contributed by atoms with E-state index < -0.39 is 21.2 Å². The van der Waals surface area contributed by atoms with E-state index in [1.165, 1.54) is 0 Å². The van der Waals surface area contributed by atoms with Gasteiger partial charge in [0.25, 0.3) is 11.4 Å². The van der Waals surface area contributed by atoms with Gasteiger partial charge in [-0.05, 0) is 0 Å². The number of hydrogen-bond acceptors (Lipinski definition) is 7. The third-order valence-corrected chi connectivity index (χ3v) is 1.93. The number of rotatable bonds is 3. The van der Waals surface area contributed by atoms with E-state index in [2.05, 4.69) is 10.2 Å². The molecule has 2 rings (SSSR count). The molecule has 0 amide bonds. The summed E-state index contributed by atoms with van der Waals surface area (Å²) in [5, 5.41) is 28.1. The second kappa shape index (κ2) is 3.96. The lowest BCUT2D eigenvalue weighted by Crippen LogP contribution is -1.94. The minimum Gasteiger partial charge on any atom is -0.423 e. The normalized spacial score (nSPS) is 10.1. The molecule has 0 aliphatic rings. The third kappa shape index (κ3) is 2.07. The molecule has 0 unspecified atom stereocenters. The Morgan fingerprint density at radius 1 is 1.06 bits per heavy atom. The van der Waals surface area contributed by atoms with E-state index in [1.54, 1.807) is 0 Å². The molecule has 1 aromatic carbocycles. The van der Waals surface area contributed by atoms with E-state index in [4.69, 9.17) is 4.42 Å². The smallest absolute Gasteiger partial charge is 0.277 e. The molecule has 0 fully saturated rings. The van der Waals surface area contributed by atoms with Gasteiger partial charge in [-0.1, -0.05) is 0 Å². The Morgan fingerprint density at radius 3 is 2.06 bits per heavy atom. The quantitative estimate of drug-likeness (QED) is 0.584. The van der Waals surface area contributed by atoms with Crippen molar-refractivity contribution in [2.45, 2.75) is 0 Å². The van der Waals surface area contributed by atoms with Crippen molar-refractivity contribution in [1.82, 2.24) is 10.2 Å². The predicted octanol–water partition coefficient (Wildman–Crippen LogP) is 1.55. The van der Waals surface area contributed by atoms with Crippen LogP contribution in [0, 0.1) is 20.2 Å². The summed E-state index contributed by atoms with van der Waals surface area (Å²) >= 11 is 0. The highest BCUT2D eigenvalue weighted by atomic mass is 16.6. The van der Waals surface area contributed by atoms with Gasteiger partial charge in [-0.2, -0.15) is 0 Å². The molecule has 0 bridgehead atoms. The van der Waals surface area contributed by atoms with Gasteiger partial charge in [-0.3, -0.25) is 20.2 Å².